The third kappa shape index (κ3) is 2.79. The first-order chi connectivity index (χ1) is 9.45. The Morgan fingerprint density at radius 1 is 1.15 bits per heavy atom. The number of methoxy groups -OCH3 is 1. The van der Waals surface area contributed by atoms with Crippen molar-refractivity contribution in [1.82, 2.24) is 0 Å². The van der Waals surface area contributed by atoms with Crippen LogP contribution in [0.5, 0.6) is 5.75 Å². The fourth-order valence-corrected chi connectivity index (χ4v) is 2.55. The third-order valence-electron chi connectivity index (χ3n) is 2.80. The van der Waals surface area contributed by atoms with Gasteiger partial charge in [-0.1, -0.05) is 12.1 Å². The molecule has 2 rings (SSSR count). The summed E-state index contributed by atoms with van der Waals surface area (Å²) in [6.07, 6.45) is 0. The molecule has 0 bridgehead atoms. The Bertz CT molecular complexity index is 625. The Labute approximate surface area is 127 Å². The minimum atomic E-state index is -1.28. The Hall–Kier alpha value is -1.20. The van der Waals surface area contributed by atoms with Gasteiger partial charge in [-0.3, -0.25) is 0 Å². The molecule has 0 aliphatic rings. The van der Waals surface area contributed by atoms with Crippen LogP contribution in [0.1, 0.15) is 16.5 Å². The monoisotopic (exact) mass is 364 g/mol. The average Bonchev–Trinajstić information content (AvgIpc) is 2.40. The van der Waals surface area contributed by atoms with Crippen LogP contribution in [0, 0.1) is 17.5 Å². The maximum atomic E-state index is 13.9. The number of rotatable bonds is 3. The molecule has 20 heavy (non-hydrogen) atoms. The second kappa shape index (κ2) is 6.06. The van der Waals surface area contributed by atoms with E-state index in [1.54, 1.807) is 0 Å². The van der Waals surface area contributed by atoms with Crippen molar-refractivity contribution in [2.75, 3.05) is 7.11 Å². The molecule has 1 unspecified atom stereocenters. The highest BCUT2D eigenvalue weighted by Crippen LogP contribution is 2.37. The van der Waals surface area contributed by atoms with E-state index in [0.717, 1.165) is 12.1 Å². The van der Waals surface area contributed by atoms with Crippen LogP contribution >= 0.6 is 27.5 Å². The zero-order valence-electron chi connectivity index (χ0n) is 10.3. The molecule has 0 N–H and O–H groups in total. The van der Waals surface area contributed by atoms with Crippen LogP contribution < -0.4 is 4.74 Å². The van der Waals surface area contributed by atoms with Crippen LogP contribution in [0.4, 0.5) is 13.2 Å². The van der Waals surface area contributed by atoms with E-state index >= 15 is 0 Å². The maximum absolute atomic E-state index is 13.9. The van der Waals surface area contributed by atoms with Crippen LogP contribution in [-0.2, 0) is 0 Å². The van der Waals surface area contributed by atoms with Crippen molar-refractivity contribution in [2.45, 2.75) is 5.38 Å². The van der Waals surface area contributed by atoms with Crippen molar-refractivity contribution in [2.24, 2.45) is 0 Å². The fraction of sp³-hybridized carbons (Fsp3) is 0.143. The Morgan fingerprint density at radius 2 is 1.75 bits per heavy atom. The molecular weight excluding hydrogens is 357 g/mol. The first-order valence-electron chi connectivity index (χ1n) is 5.56. The van der Waals surface area contributed by atoms with Crippen LogP contribution in [0.3, 0.4) is 0 Å². The van der Waals surface area contributed by atoms with E-state index in [1.165, 1.54) is 25.3 Å². The summed E-state index contributed by atoms with van der Waals surface area (Å²) in [5.74, 6) is -2.40. The van der Waals surface area contributed by atoms with Gasteiger partial charge in [-0.15, -0.1) is 11.6 Å². The first-order valence-corrected chi connectivity index (χ1v) is 6.79. The zero-order chi connectivity index (χ0) is 14.9. The molecule has 0 aliphatic carbocycles. The molecule has 0 saturated carbocycles. The van der Waals surface area contributed by atoms with E-state index in [1.807, 2.05) is 0 Å². The molecule has 2 aromatic carbocycles. The molecule has 0 heterocycles. The minimum absolute atomic E-state index is 0.0102. The molecule has 0 saturated heterocycles. The van der Waals surface area contributed by atoms with Gasteiger partial charge in [-0.25, -0.2) is 13.2 Å². The SMILES string of the molecule is COc1cc(F)c(C(Cl)c2cccc(Br)c2F)c(F)c1. The fourth-order valence-electron chi connectivity index (χ4n) is 1.79. The highest BCUT2D eigenvalue weighted by atomic mass is 79.9. The van der Waals surface area contributed by atoms with Crippen molar-refractivity contribution < 1.29 is 17.9 Å². The molecule has 0 fully saturated rings. The van der Waals surface area contributed by atoms with Crippen molar-refractivity contribution >= 4 is 27.5 Å². The van der Waals surface area contributed by atoms with Gasteiger partial charge in [0.15, 0.2) is 0 Å². The lowest BCUT2D eigenvalue weighted by Gasteiger charge is -2.15. The minimum Gasteiger partial charge on any atom is -0.497 e. The second-order valence-corrected chi connectivity index (χ2v) is 5.30. The summed E-state index contributed by atoms with van der Waals surface area (Å²) in [6.45, 7) is 0. The molecule has 0 spiro atoms. The summed E-state index contributed by atoms with van der Waals surface area (Å²) in [6, 6.07) is 6.40. The normalized spacial score (nSPS) is 12.3. The summed E-state index contributed by atoms with van der Waals surface area (Å²) in [5, 5.41) is -1.28. The lowest BCUT2D eigenvalue weighted by molar-refractivity contribution is 0.405. The summed E-state index contributed by atoms with van der Waals surface area (Å²) in [7, 11) is 1.29. The van der Waals surface area contributed by atoms with Crippen molar-refractivity contribution in [3.05, 3.63) is 63.4 Å². The summed E-state index contributed by atoms with van der Waals surface area (Å²) < 4.78 is 46.7. The van der Waals surface area contributed by atoms with Crippen LogP contribution in [-0.4, -0.2) is 7.11 Å². The van der Waals surface area contributed by atoms with Crippen molar-refractivity contribution in [3.63, 3.8) is 0 Å². The zero-order valence-corrected chi connectivity index (χ0v) is 12.6. The number of alkyl halides is 1. The second-order valence-electron chi connectivity index (χ2n) is 4.01. The molecule has 6 heteroatoms. The van der Waals surface area contributed by atoms with E-state index in [0.29, 0.717) is 0 Å². The predicted octanol–water partition coefficient (Wildman–Crippen LogP) is 5.20. The molecule has 0 aliphatic heterocycles. The highest BCUT2D eigenvalue weighted by molar-refractivity contribution is 9.10. The predicted molar refractivity (Wildman–Crippen MR) is 74.7 cm³/mol. The van der Waals surface area contributed by atoms with Gasteiger partial charge < -0.3 is 4.74 Å². The largest absolute Gasteiger partial charge is 0.497 e. The average molecular weight is 366 g/mol. The standard InChI is InChI=1S/C14H9BrClF3O/c1-20-7-5-10(17)12(11(18)6-7)13(16)8-3-2-4-9(15)14(8)19/h2-6,13H,1H3. The van der Waals surface area contributed by atoms with E-state index in [2.05, 4.69) is 15.9 Å². The van der Waals surface area contributed by atoms with Gasteiger partial charge >= 0.3 is 0 Å². The van der Waals surface area contributed by atoms with Gasteiger partial charge in [-0.2, -0.15) is 0 Å². The number of ether oxygens (including phenoxy) is 1. The van der Waals surface area contributed by atoms with Gasteiger partial charge in [0.25, 0.3) is 0 Å². The Kier molecular flexibility index (Phi) is 4.60. The van der Waals surface area contributed by atoms with E-state index in [4.69, 9.17) is 16.3 Å². The Morgan fingerprint density at radius 3 is 2.30 bits per heavy atom. The first kappa shape index (κ1) is 15.2. The quantitative estimate of drug-likeness (QED) is 0.679. The molecule has 0 aromatic heterocycles. The summed E-state index contributed by atoms with van der Waals surface area (Å²) >= 11 is 9.04. The molecule has 0 radical (unpaired) electrons. The van der Waals surface area contributed by atoms with Crippen LogP contribution in [0.25, 0.3) is 0 Å². The summed E-state index contributed by atoms with van der Waals surface area (Å²) in [4.78, 5) is 0. The van der Waals surface area contributed by atoms with Crippen LogP contribution in [0.15, 0.2) is 34.8 Å². The van der Waals surface area contributed by atoms with Crippen LogP contribution in [0.2, 0.25) is 0 Å². The molecule has 1 nitrogen and oxygen atoms in total. The topological polar surface area (TPSA) is 9.23 Å². The van der Waals surface area contributed by atoms with Crippen molar-refractivity contribution in [3.8, 4) is 5.75 Å². The number of hydrogen-bond donors (Lipinski definition) is 0. The van der Waals surface area contributed by atoms with E-state index < -0.39 is 28.4 Å². The maximum Gasteiger partial charge on any atom is 0.142 e. The molecule has 0 amide bonds. The summed E-state index contributed by atoms with van der Waals surface area (Å²) in [5.41, 5.74) is -0.423. The van der Waals surface area contributed by atoms with E-state index in [-0.39, 0.29) is 15.8 Å². The third-order valence-corrected chi connectivity index (χ3v) is 3.86. The van der Waals surface area contributed by atoms with Gasteiger partial charge in [-0.05, 0) is 22.0 Å². The number of hydrogen-bond acceptors (Lipinski definition) is 1. The van der Waals surface area contributed by atoms with Gasteiger partial charge in [0.2, 0.25) is 0 Å². The van der Waals surface area contributed by atoms with Gasteiger partial charge in [0.05, 0.1) is 17.0 Å². The lowest BCUT2D eigenvalue weighted by Crippen LogP contribution is -2.04. The molecule has 2 aromatic rings. The number of halogens is 5. The lowest BCUT2D eigenvalue weighted by atomic mass is 10.0. The molecular formula is C14H9BrClF3O. The molecule has 106 valence electrons. The van der Waals surface area contributed by atoms with Gasteiger partial charge in [0, 0.05) is 23.3 Å². The smallest absolute Gasteiger partial charge is 0.142 e. The van der Waals surface area contributed by atoms with Crippen molar-refractivity contribution in [1.29, 1.82) is 0 Å². The molecule has 1 atom stereocenters. The Balaban J connectivity index is 2.54. The highest BCUT2D eigenvalue weighted by Gasteiger charge is 2.24. The van der Waals surface area contributed by atoms with Gasteiger partial charge in [0.1, 0.15) is 23.2 Å². The van der Waals surface area contributed by atoms with E-state index in [9.17, 15) is 13.2 Å². The number of benzene rings is 2.